The average molecular weight is 279 g/mol. The van der Waals surface area contributed by atoms with Gasteiger partial charge in [-0.25, -0.2) is 0 Å². The van der Waals surface area contributed by atoms with Crippen LogP contribution in [0.5, 0.6) is 0 Å². The Balaban J connectivity index is 3.06. The first kappa shape index (κ1) is 12.0. The van der Waals surface area contributed by atoms with Gasteiger partial charge in [0.2, 0.25) is 0 Å². The highest BCUT2D eigenvalue weighted by molar-refractivity contribution is 9.10. The van der Waals surface area contributed by atoms with Crippen LogP contribution in [0.15, 0.2) is 22.7 Å². The largest absolute Gasteiger partial charge is 0.384 e. The molecule has 0 bridgehead atoms. The van der Waals surface area contributed by atoms with E-state index in [-0.39, 0.29) is 0 Å². The first-order chi connectivity index (χ1) is 6.47. The van der Waals surface area contributed by atoms with Crippen molar-refractivity contribution in [2.24, 2.45) is 0 Å². The zero-order valence-electron chi connectivity index (χ0n) is 8.14. The van der Waals surface area contributed by atoms with Crippen LogP contribution in [0.1, 0.15) is 12.5 Å². The zero-order valence-corrected chi connectivity index (χ0v) is 10.5. The third-order valence-corrected chi connectivity index (χ3v) is 2.84. The second-order valence-electron chi connectivity index (χ2n) is 3.43. The Labute approximate surface area is 97.4 Å². The Morgan fingerprint density at radius 3 is 2.71 bits per heavy atom. The highest BCUT2D eigenvalue weighted by atomic mass is 79.9. The minimum absolute atomic E-state index is 0.467. The summed E-state index contributed by atoms with van der Waals surface area (Å²) in [5.74, 6) is 0. The minimum Gasteiger partial charge on any atom is -0.384 e. The van der Waals surface area contributed by atoms with Gasteiger partial charge in [0, 0.05) is 21.6 Å². The molecule has 0 spiro atoms. The van der Waals surface area contributed by atoms with Gasteiger partial charge in [0.05, 0.1) is 0 Å². The molecule has 1 rings (SSSR count). The third-order valence-electron chi connectivity index (χ3n) is 2.03. The second kappa shape index (κ2) is 4.62. The van der Waals surface area contributed by atoms with Crippen molar-refractivity contribution in [3.63, 3.8) is 0 Å². The molecule has 0 amide bonds. The van der Waals surface area contributed by atoms with Gasteiger partial charge in [0.15, 0.2) is 0 Å². The Kier molecular flexibility index (Phi) is 3.95. The number of rotatable bonds is 3. The summed E-state index contributed by atoms with van der Waals surface area (Å²) in [5, 5.41) is 13.6. The lowest BCUT2D eigenvalue weighted by atomic mass is 9.96. The van der Waals surface area contributed by atoms with Crippen molar-refractivity contribution in [1.82, 2.24) is 5.32 Å². The minimum atomic E-state index is -0.938. The topological polar surface area (TPSA) is 32.3 Å². The van der Waals surface area contributed by atoms with E-state index in [9.17, 15) is 5.11 Å². The summed E-state index contributed by atoms with van der Waals surface area (Å²) in [4.78, 5) is 0. The van der Waals surface area contributed by atoms with Crippen molar-refractivity contribution < 1.29 is 5.11 Å². The van der Waals surface area contributed by atoms with Crippen LogP contribution in [0.25, 0.3) is 0 Å². The van der Waals surface area contributed by atoms with Crippen LogP contribution in [-0.4, -0.2) is 18.7 Å². The van der Waals surface area contributed by atoms with Crippen LogP contribution in [0.4, 0.5) is 0 Å². The maximum absolute atomic E-state index is 10.1. The van der Waals surface area contributed by atoms with Gasteiger partial charge in [-0.15, -0.1) is 0 Å². The molecule has 0 aliphatic carbocycles. The lowest BCUT2D eigenvalue weighted by Crippen LogP contribution is -2.33. The molecule has 1 atom stereocenters. The molecule has 0 aromatic heterocycles. The Bertz CT molecular complexity index is 328. The van der Waals surface area contributed by atoms with Gasteiger partial charge in [-0.1, -0.05) is 33.6 Å². The van der Waals surface area contributed by atoms with E-state index in [0.717, 1.165) is 10.0 Å². The molecular weight excluding hydrogens is 265 g/mol. The highest BCUT2D eigenvalue weighted by Crippen LogP contribution is 2.29. The van der Waals surface area contributed by atoms with E-state index >= 15 is 0 Å². The average Bonchev–Trinajstić information content (AvgIpc) is 2.02. The molecule has 1 unspecified atom stereocenters. The number of aliphatic hydroxyl groups is 1. The van der Waals surface area contributed by atoms with Crippen LogP contribution in [0, 0.1) is 0 Å². The van der Waals surface area contributed by atoms with Crippen molar-refractivity contribution in [3.05, 3.63) is 33.3 Å². The second-order valence-corrected chi connectivity index (χ2v) is 4.75. The highest BCUT2D eigenvalue weighted by Gasteiger charge is 2.24. The Morgan fingerprint density at radius 2 is 2.21 bits per heavy atom. The first-order valence-electron chi connectivity index (χ1n) is 4.30. The monoisotopic (exact) mass is 277 g/mol. The molecular formula is C10H13BrClNO. The summed E-state index contributed by atoms with van der Waals surface area (Å²) in [6, 6.07) is 5.47. The van der Waals surface area contributed by atoms with Crippen LogP contribution >= 0.6 is 27.5 Å². The smallest absolute Gasteiger partial charge is 0.101 e. The summed E-state index contributed by atoms with van der Waals surface area (Å²) in [6.07, 6.45) is 0. The van der Waals surface area contributed by atoms with E-state index in [2.05, 4.69) is 21.2 Å². The molecule has 0 heterocycles. The van der Waals surface area contributed by atoms with E-state index in [4.69, 9.17) is 11.6 Å². The molecule has 0 aliphatic heterocycles. The Morgan fingerprint density at radius 1 is 1.57 bits per heavy atom. The molecule has 2 N–H and O–H groups in total. The SMILES string of the molecule is CNCC(C)(O)c1ccc(Br)cc1Cl. The molecule has 0 radical (unpaired) electrons. The number of halogens is 2. The maximum Gasteiger partial charge on any atom is 0.101 e. The summed E-state index contributed by atoms with van der Waals surface area (Å²) >= 11 is 9.35. The standard InChI is InChI=1S/C10H13BrClNO/c1-10(14,6-13-2)8-4-3-7(11)5-9(8)12/h3-5,13-14H,6H2,1-2H3. The fourth-order valence-electron chi connectivity index (χ4n) is 1.37. The van der Waals surface area contributed by atoms with Crippen molar-refractivity contribution in [2.45, 2.75) is 12.5 Å². The molecule has 4 heteroatoms. The van der Waals surface area contributed by atoms with Gasteiger partial charge >= 0.3 is 0 Å². The van der Waals surface area contributed by atoms with Gasteiger partial charge in [-0.3, -0.25) is 0 Å². The zero-order chi connectivity index (χ0) is 10.8. The van der Waals surface area contributed by atoms with Gasteiger partial charge in [0.1, 0.15) is 5.60 Å². The lowest BCUT2D eigenvalue weighted by Gasteiger charge is -2.24. The summed E-state index contributed by atoms with van der Waals surface area (Å²) in [5.41, 5.74) is -0.205. The third kappa shape index (κ3) is 2.70. The van der Waals surface area contributed by atoms with E-state index in [1.165, 1.54) is 0 Å². The molecule has 1 aromatic carbocycles. The fourth-order valence-corrected chi connectivity index (χ4v) is 2.24. The van der Waals surface area contributed by atoms with Gasteiger partial charge in [0.25, 0.3) is 0 Å². The predicted molar refractivity (Wildman–Crippen MR) is 62.6 cm³/mol. The van der Waals surface area contributed by atoms with Crippen LogP contribution in [0.3, 0.4) is 0 Å². The summed E-state index contributed by atoms with van der Waals surface area (Å²) in [6.45, 7) is 2.20. The molecule has 2 nitrogen and oxygen atoms in total. The van der Waals surface area contributed by atoms with Crippen molar-refractivity contribution in [1.29, 1.82) is 0 Å². The number of likely N-dealkylation sites (N-methyl/N-ethyl adjacent to an activating group) is 1. The number of hydrogen-bond donors (Lipinski definition) is 2. The van der Waals surface area contributed by atoms with Crippen molar-refractivity contribution in [3.8, 4) is 0 Å². The summed E-state index contributed by atoms with van der Waals surface area (Å²) < 4.78 is 0.909. The predicted octanol–water partition coefficient (Wildman–Crippen LogP) is 2.53. The lowest BCUT2D eigenvalue weighted by molar-refractivity contribution is 0.0593. The van der Waals surface area contributed by atoms with Gasteiger partial charge in [-0.05, 0) is 26.1 Å². The molecule has 0 fully saturated rings. The number of nitrogens with one attached hydrogen (secondary N) is 1. The first-order valence-corrected chi connectivity index (χ1v) is 5.47. The van der Waals surface area contributed by atoms with Gasteiger partial charge < -0.3 is 10.4 Å². The Hall–Kier alpha value is -0.0900. The normalized spacial score (nSPS) is 15.2. The van der Waals surface area contributed by atoms with E-state index in [1.54, 1.807) is 20.0 Å². The van der Waals surface area contributed by atoms with Crippen molar-refractivity contribution in [2.75, 3.05) is 13.6 Å². The number of benzene rings is 1. The van der Waals surface area contributed by atoms with Crippen LogP contribution in [-0.2, 0) is 5.60 Å². The molecule has 0 saturated carbocycles. The van der Waals surface area contributed by atoms with Crippen LogP contribution in [0.2, 0.25) is 5.02 Å². The fraction of sp³-hybridized carbons (Fsp3) is 0.400. The molecule has 0 aliphatic rings. The van der Waals surface area contributed by atoms with E-state index in [0.29, 0.717) is 11.6 Å². The van der Waals surface area contributed by atoms with E-state index < -0.39 is 5.60 Å². The molecule has 1 aromatic rings. The molecule has 78 valence electrons. The summed E-state index contributed by atoms with van der Waals surface area (Å²) in [7, 11) is 1.79. The number of hydrogen-bond acceptors (Lipinski definition) is 2. The quantitative estimate of drug-likeness (QED) is 0.890. The van der Waals surface area contributed by atoms with E-state index in [1.807, 2.05) is 12.1 Å². The van der Waals surface area contributed by atoms with Gasteiger partial charge in [-0.2, -0.15) is 0 Å². The molecule has 14 heavy (non-hydrogen) atoms. The maximum atomic E-state index is 10.1. The molecule has 0 saturated heterocycles. The van der Waals surface area contributed by atoms with Crippen molar-refractivity contribution >= 4 is 27.5 Å². The van der Waals surface area contributed by atoms with Crippen LogP contribution < -0.4 is 5.32 Å².